The zero-order valence-electron chi connectivity index (χ0n) is 49.3. The maximum Gasteiger partial charge on any atom is 0.301 e. The van der Waals surface area contributed by atoms with Crippen LogP contribution in [0.5, 0.6) is 0 Å². The van der Waals surface area contributed by atoms with Gasteiger partial charge in [-0.2, -0.15) is 0 Å². The topological polar surface area (TPSA) is 155 Å². The molecule has 0 atom stereocenters. The molecule has 8 nitrogen and oxygen atoms in total. The molecule has 13 heteroatoms. The summed E-state index contributed by atoms with van der Waals surface area (Å²) >= 11 is 0. The zero-order valence-corrected chi connectivity index (χ0v) is 55.8. The maximum atomic E-state index is 7.50. The van der Waals surface area contributed by atoms with Crippen LogP contribution < -0.4 is 72.0 Å². The van der Waals surface area contributed by atoms with E-state index in [0.29, 0.717) is 0 Å². The Bertz CT molecular complexity index is 3430. The monoisotopic (exact) mass is 1420 g/mol. The molecule has 12 aromatic rings. The summed E-state index contributed by atoms with van der Waals surface area (Å²) < 4.78 is 42.8. The molecule has 0 fully saturated rings. The second-order valence-corrected chi connectivity index (χ2v) is 31.5. The summed E-state index contributed by atoms with van der Waals surface area (Å²) in [6.45, 7) is 27.5. The number of rotatable bonds is 12. The number of nitrogens with zero attached hydrogens (tertiary/aromatic N) is 4. The molecule has 12 rings (SSSR count). The summed E-state index contributed by atoms with van der Waals surface area (Å²) in [4.78, 5) is 0. The first-order valence-corrected chi connectivity index (χ1v) is 34.6. The van der Waals surface area contributed by atoms with E-state index in [-0.39, 0.29) is 21.1 Å². The van der Waals surface area contributed by atoms with Gasteiger partial charge in [-0.05, 0) is 146 Å². The smallest absolute Gasteiger partial charge is 0.148 e. The van der Waals surface area contributed by atoms with E-state index in [9.17, 15) is 0 Å². The van der Waals surface area contributed by atoms with Crippen LogP contribution in [0.3, 0.4) is 0 Å². The van der Waals surface area contributed by atoms with Gasteiger partial charge < -0.3 is 23.7 Å². The Morgan fingerprint density at radius 2 is 0.231 bits per heavy atom. The van der Waals surface area contributed by atoms with E-state index in [1.807, 2.05) is 0 Å². The van der Waals surface area contributed by atoms with Crippen LogP contribution in [0, 0.1) is 50.3 Å². The molecule has 0 aliphatic carbocycles. The molecule has 0 aromatic heterocycles. The first kappa shape index (κ1) is 73.9. The van der Waals surface area contributed by atoms with Gasteiger partial charge in [0.2, 0.25) is 0 Å². The SMILES string of the molecule is [C-]#N.[C-]#N.[C-]#[O+].[C-]#[O+].[C-]#[O+].[C-]#[O+].[W].c1ccc(P(=[N+]=P(c2ccccc2)(c2ccccc2)c2ccccc2)(c2ccccc2)c2ccccc2)cc1.c1ccc(P(=[N+]=P(c2ccccc2)(c2ccccc2)c2ccccc2)(c2ccccc2)c2ccccc2)cc1. The Morgan fingerprint density at radius 1 is 0.165 bits per heavy atom. The Morgan fingerprint density at radius 3 is 0.297 bits per heavy atom. The van der Waals surface area contributed by atoms with E-state index in [1.165, 1.54) is 63.7 Å². The second-order valence-electron chi connectivity index (χ2n) is 18.7. The number of hydrogen-bond acceptors (Lipinski definition) is 2. The second kappa shape index (κ2) is 40.1. The van der Waals surface area contributed by atoms with Crippen molar-refractivity contribution < 1.29 is 39.7 Å². The van der Waals surface area contributed by atoms with Gasteiger partial charge in [0.15, 0.2) is 0 Å². The quantitative estimate of drug-likeness (QED) is 0.0517. The minimum absolute atomic E-state index is 0. The molecule has 0 heterocycles. The van der Waals surface area contributed by atoms with E-state index in [2.05, 4.69) is 391 Å². The third-order valence-electron chi connectivity index (χ3n) is 14.1. The fourth-order valence-corrected chi connectivity index (χ4v) is 29.5. The minimum atomic E-state index is -2.50. The molecule has 0 N–H and O–H groups in total. The molecule has 0 saturated heterocycles. The van der Waals surface area contributed by atoms with Crippen molar-refractivity contribution in [2.45, 2.75) is 0 Å². The van der Waals surface area contributed by atoms with Crippen LogP contribution in [-0.4, -0.2) is 0 Å². The van der Waals surface area contributed by atoms with Gasteiger partial charge in [0, 0.05) is 21.1 Å². The summed E-state index contributed by atoms with van der Waals surface area (Å²) in [6, 6.07) is 131. The summed E-state index contributed by atoms with van der Waals surface area (Å²) in [5.74, 6) is 0. The summed E-state index contributed by atoms with van der Waals surface area (Å²) in [5.41, 5.74) is 0. The van der Waals surface area contributed by atoms with Crippen molar-refractivity contribution in [3.63, 3.8) is 0 Å². The molecule has 0 radical (unpaired) electrons. The summed E-state index contributed by atoms with van der Waals surface area (Å²) in [6.07, 6.45) is 0. The van der Waals surface area contributed by atoms with Crippen LogP contribution in [-0.2, 0) is 39.7 Å². The van der Waals surface area contributed by atoms with Gasteiger partial charge >= 0.3 is 73.4 Å². The number of benzene rings is 12. The molecule has 0 amide bonds. The molecule has 12 aromatic carbocycles. The fourth-order valence-electron chi connectivity index (χ4n) is 10.5. The first-order valence-electron chi connectivity index (χ1n) is 27.7. The van der Waals surface area contributed by atoms with Crippen molar-refractivity contribution in [1.29, 1.82) is 10.5 Å². The van der Waals surface area contributed by atoms with Crippen molar-refractivity contribution >= 4 is 91.9 Å². The molecule has 91 heavy (non-hydrogen) atoms. The van der Waals surface area contributed by atoms with Crippen LogP contribution >= 0.6 is 28.2 Å². The molecular formula is C78H60N4O4P4W. The Hall–Kier alpha value is -9.59. The van der Waals surface area contributed by atoms with Crippen LogP contribution in [0.2, 0.25) is 0 Å². The zero-order chi connectivity index (χ0) is 64.8. The molecular weight excluding hydrogens is 1360 g/mol. The molecule has 0 aliphatic heterocycles. The first-order chi connectivity index (χ1) is 44.7. The van der Waals surface area contributed by atoms with Crippen LogP contribution in [0.1, 0.15) is 0 Å². The minimum Gasteiger partial charge on any atom is -0.148 e. The third-order valence-corrected chi connectivity index (χ3v) is 30.9. The van der Waals surface area contributed by atoms with Crippen LogP contribution in [0.4, 0.5) is 0 Å². The number of hydrogen-bond donors (Lipinski definition) is 0. The molecule has 0 bridgehead atoms. The van der Waals surface area contributed by atoms with Gasteiger partial charge in [0.1, 0.15) is 0 Å². The van der Waals surface area contributed by atoms with Crippen molar-refractivity contribution in [2.75, 3.05) is 0 Å². The van der Waals surface area contributed by atoms with Gasteiger partial charge in [-0.15, -0.1) is 8.35 Å². The van der Waals surface area contributed by atoms with E-state index < -0.39 is 28.2 Å². The van der Waals surface area contributed by atoms with Gasteiger partial charge in [-0.25, -0.2) is 0 Å². The Balaban J connectivity index is 0.000000331. The average molecular weight is 1430 g/mol. The van der Waals surface area contributed by atoms with E-state index in [1.54, 1.807) is 0 Å². The molecule has 0 aliphatic rings. The summed E-state index contributed by atoms with van der Waals surface area (Å²) in [5, 5.41) is 27.6. The van der Waals surface area contributed by atoms with E-state index in [0.717, 1.165) is 0 Å². The molecule has 442 valence electrons. The largest absolute Gasteiger partial charge is 0.301 e. The predicted octanol–water partition coefficient (Wildman–Crippen LogP) is 12.9. The van der Waals surface area contributed by atoms with Crippen LogP contribution in [0.25, 0.3) is 0 Å². The predicted molar refractivity (Wildman–Crippen MR) is 371 cm³/mol. The Labute approximate surface area is 550 Å². The van der Waals surface area contributed by atoms with Crippen molar-refractivity contribution in [2.24, 2.45) is 0 Å². The maximum absolute atomic E-state index is 7.50. The van der Waals surface area contributed by atoms with Gasteiger partial charge in [-0.3, -0.25) is 0 Å². The van der Waals surface area contributed by atoms with Crippen molar-refractivity contribution in [3.05, 3.63) is 404 Å². The Kier molecular flexibility index (Phi) is 32.6. The van der Waals surface area contributed by atoms with Gasteiger partial charge in [0.05, 0.1) is 63.7 Å². The van der Waals surface area contributed by atoms with E-state index >= 15 is 0 Å². The molecule has 0 saturated carbocycles. The molecule has 0 unspecified atom stereocenters. The molecule has 0 spiro atoms. The van der Waals surface area contributed by atoms with E-state index in [4.69, 9.17) is 50.6 Å². The average Bonchev–Trinajstić information content (AvgIpc) is 0.753. The fraction of sp³-hybridized carbons (Fsp3) is 0. The van der Waals surface area contributed by atoms with Gasteiger partial charge in [0.25, 0.3) is 0 Å². The van der Waals surface area contributed by atoms with Crippen LogP contribution in [0.15, 0.2) is 364 Å². The van der Waals surface area contributed by atoms with Crippen molar-refractivity contribution in [3.8, 4) is 0 Å². The third kappa shape index (κ3) is 17.0. The summed E-state index contributed by atoms with van der Waals surface area (Å²) in [7, 11) is -9.99. The van der Waals surface area contributed by atoms with Crippen molar-refractivity contribution in [1.82, 2.24) is 8.35 Å². The standard InChI is InChI=1S/2C36H30NP2.2CN.4CO.W/c2*1-7-19-31(20-8-1)38(32-21-9-2-10-22-32,33-23-11-3-12-24-33)37-39(34-25-13-4-14-26-34,35-27-15-5-16-28-35)36-29-17-6-18-30-36;6*1-2;/h2*1-30H;;;;;;;/q2*+1;2*-1;;;;;. The normalized spacial score (nSPS) is 9.98. The van der Waals surface area contributed by atoms with Gasteiger partial charge in [-0.1, -0.05) is 218 Å².